The molecular formula is C17H24N2O5S. The van der Waals surface area contributed by atoms with Gasteiger partial charge in [-0.05, 0) is 51.0 Å². The number of rotatable bonds is 6. The first-order chi connectivity index (χ1) is 11.9. The van der Waals surface area contributed by atoms with Gasteiger partial charge in [0.05, 0.1) is 18.3 Å². The summed E-state index contributed by atoms with van der Waals surface area (Å²) in [6.07, 6.45) is 1.19. The highest BCUT2D eigenvalue weighted by Gasteiger charge is 2.28. The van der Waals surface area contributed by atoms with Crippen molar-refractivity contribution < 1.29 is 22.7 Å². The Morgan fingerprint density at radius 2 is 1.76 bits per heavy atom. The van der Waals surface area contributed by atoms with Crippen LogP contribution in [0.4, 0.5) is 5.69 Å². The summed E-state index contributed by atoms with van der Waals surface area (Å²) in [5.74, 6) is -0.465. The second-order valence-corrected chi connectivity index (χ2v) is 7.91. The summed E-state index contributed by atoms with van der Waals surface area (Å²) in [5, 5.41) is 0. The minimum Gasteiger partial charge on any atom is -0.466 e. The van der Waals surface area contributed by atoms with Crippen LogP contribution in [0.5, 0.6) is 0 Å². The van der Waals surface area contributed by atoms with E-state index >= 15 is 0 Å². The quantitative estimate of drug-likeness (QED) is 0.774. The monoisotopic (exact) mass is 368 g/mol. The molecule has 1 N–H and O–H groups in total. The van der Waals surface area contributed by atoms with Crippen LogP contribution in [0.1, 0.15) is 37.0 Å². The molecule has 138 valence electrons. The molecule has 7 nitrogen and oxygen atoms in total. The third-order valence-electron chi connectivity index (χ3n) is 4.19. The highest BCUT2D eigenvalue weighted by molar-refractivity contribution is 7.92. The van der Waals surface area contributed by atoms with Crippen LogP contribution in [0.3, 0.4) is 0 Å². The Morgan fingerprint density at radius 3 is 2.28 bits per heavy atom. The molecule has 25 heavy (non-hydrogen) atoms. The highest BCUT2D eigenvalue weighted by Crippen LogP contribution is 2.21. The Morgan fingerprint density at radius 1 is 1.16 bits per heavy atom. The molecule has 1 heterocycles. The molecule has 2 rings (SSSR count). The summed E-state index contributed by atoms with van der Waals surface area (Å²) >= 11 is 0. The van der Waals surface area contributed by atoms with E-state index < -0.39 is 10.0 Å². The van der Waals surface area contributed by atoms with Gasteiger partial charge in [0.25, 0.3) is 5.91 Å². The molecule has 8 heteroatoms. The van der Waals surface area contributed by atoms with Crippen molar-refractivity contribution in [3.63, 3.8) is 0 Å². The molecule has 1 fully saturated rings. The van der Waals surface area contributed by atoms with Gasteiger partial charge >= 0.3 is 5.97 Å². The van der Waals surface area contributed by atoms with Gasteiger partial charge in [-0.3, -0.25) is 14.3 Å². The number of benzene rings is 1. The lowest BCUT2D eigenvalue weighted by Crippen LogP contribution is -2.40. The number of sulfonamides is 1. The van der Waals surface area contributed by atoms with Gasteiger partial charge in [0.1, 0.15) is 0 Å². The molecule has 0 aromatic heterocycles. The van der Waals surface area contributed by atoms with E-state index in [2.05, 4.69) is 4.72 Å². The van der Waals surface area contributed by atoms with E-state index in [-0.39, 0.29) is 23.5 Å². The van der Waals surface area contributed by atoms with Crippen LogP contribution in [-0.4, -0.2) is 50.6 Å². The number of hydrogen-bond acceptors (Lipinski definition) is 5. The van der Waals surface area contributed by atoms with Crippen molar-refractivity contribution >= 4 is 27.6 Å². The van der Waals surface area contributed by atoms with Crippen LogP contribution >= 0.6 is 0 Å². The minimum absolute atomic E-state index is 0.0108. The van der Waals surface area contributed by atoms with Crippen molar-refractivity contribution in [2.75, 3.05) is 30.2 Å². The van der Waals surface area contributed by atoms with Crippen molar-refractivity contribution in [1.82, 2.24) is 4.90 Å². The lowest BCUT2D eigenvalue weighted by Gasteiger charge is -2.31. The van der Waals surface area contributed by atoms with Crippen molar-refractivity contribution in [2.45, 2.75) is 26.7 Å². The van der Waals surface area contributed by atoms with Crippen LogP contribution in [0, 0.1) is 5.92 Å². The lowest BCUT2D eigenvalue weighted by molar-refractivity contribution is -0.149. The lowest BCUT2D eigenvalue weighted by atomic mass is 9.96. The van der Waals surface area contributed by atoms with Crippen LogP contribution in [0.2, 0.25) is 0 Å². The zero-order valence-corrected chi connectivity index (χ0v) is 15.3. The molecule has 0 radical (unpaired) electrons. The Balaban J connectivity index is 1.94. The maximum atomic E-state index is 12.5. The fourth-order valence-electron chi connectivity index (χ4n) is 2.69. The molecule has 1 aliphatic rings. The van der Waals surface area contributed by atoms with Gasteiger partial charge in [0, 0.05) is 24.3 Å². The van der Waals surface area contributed by atoms with E-state index in [9.17, 15) is 18.0 Å². The number of anilines is 1. The van der Waals surface area contributed by atoms with Gasteiger partial charge in [0.2, 0.25) is 10.0 Å². The van der Waals surface area contributed by atoms with E-state index in [4.69, 9.17) is 4.74 Å². The summed E-state index contributed by atoms with van der Waals surface area (Å²) in [4.78, 5) is 26.0. The molecule has 0 aliphatic carbocycles. The van der Waals surface area contributed by atoms with E-state index in [0.717, 1.165) is 0 Å². The zero-order chi connectivity index (χ0) is 18.4. The summed E-state index contributed by atoms with van der Waals surface area (Å²) < 4.78 is 30.6. The van der Waals surface area contributed by atoms with E-state index in [1.807, 2.05) is 0 Å². The standard InChI is InChI=1S/C17H24N2O5S/c1-3-24-17(21)14-9-11-19(12-10-14)16(20)13-5-7-15(8-6-13)18-25(22,23)4-2/h5-8,14,18H,3-4,9-12H2,1-2H3. The SMILES string of the molecule is CCOC(=O)C1CCN(C(=O)c2ccc(NS(=O)(=O)CC)cc2)CC1. The predicted octanol–water partition coefficient (Wildman–Crippen LogP) is 1.86. The summed E-state index contributed by atoms with van der Waals surface area (Å²) in [5.41, 5.74) is 0.924. The Kier molecular flexibility index (Phi) is 6.41. The first kappa shape index (κ1) is 19.2. The molecule has 0 bridgehead atoms. The maximum Gasteiger partial charge on any atom is 0.309 e. The third kappa shape index (κ3) is 5.19. The van der Waals surface area contributed by atoms with Crippen molar-refractivity contribution in [3.8, 4) is 0 Å². The van der Waals surface area contributed by atoms with Crippen molar-refractivity contribution in [1.29, 1.82) is 0 Å². The molecule has 1 saturated heterocycles. The summed E-state index contributed by atoms with van der Waals surface area (Å²) in [7, 11) is -3.33. The normalized spacial score (nSPS) is 15.7. The summed E-state index contributed by atoms with van der Waals surface area (Å²) in [6.45, 7) is 4.71. The number of nitrogens with zero attached hydrogens (tertiary/aromatic N) is 1. The second kappa shape index (κ2) is 8.33. The number of ether oxygens (including phenoxy) is 1. The maximum absolute atomic E-state index is 12.5. The number of carbonyl (C=O) groups is 2. The third-order valence-corrected chi connectivity index (χ3v) is 5.49. The molecule has 1 aromatic carbocycles. The minimum atomic E-state index is -3.33. The first-order valence-corrected chi connectivity index (χ1v) is 10.1. The zero-order valence-electron chi connectivity index (χ0n) is 14.5. The number of nitrogens with one attached hydrogen (secondary N) is 1. The molecule has 1 amide bonds. The predicted molar refractivity (Wildman–Crippen MR) is 94.8 cm³/mol. The van der Waals surface area contributed by atoms with Crippen LogP contribution in [-0.2, 0) is 19.6 Å². The van der Waals surface area contributed by atoms with Gasteiger partial charge in [-0.2, -0.15) is 0 Å². The van der Waals surface area contributed by atoms with Gasteiger partial charge in [-0.25, -0.2) is 8.42 Å². The first-order valence-electron chi connectivity index (χ1n) is 8.42. The van der Waals surface area contributed by atoms with E-state index in [1.165, 1.54) is 0 Å². The summed E-state index contributed by atoms with van der Waals surface area (Å²) in [6, 6.07) is 6.36. The van der Waals surface area contributed by atoms with Gasteiger partial charge in [-0.1, -0.05) is 0 Å². The fraction of sp³-hybridized carbons (Fsp3) is 0.529. The molecule has 0 unspecified atom stereocenters. The largest absolute Gasteiger partial charge is 0.466 e. The van der Waals surface area contributed by atoms with Crippen LogP contribution in [0.15, 0.2) is 24.3 Å². The van der Waals surface area contributed by atoms with Gasteiger partial charge in [-0.15, -0.1) is 0 Å². The average molecular weight is 368 g/mol. The van der Waals surface area contributed by atoms with E-state index in [1.54, 1.807) is 43.0 Å². The highest BCUT2D eigenvalue weighted by atomic mass is 32.2. The molecule has 0 atom stereocenters. The molecule has 1 aromatic rings. The number of carbonyl (C=O) groups excluding carboxylic acids is 2. The Hall–Kier alpha value is -2.09. The number of hydrogen-bond donors (Lipinski definition) is 1. The molecule has 0 saturated carbocycles. The molecular weight excluding hydrogens is 344 g/mol. The van der Waals surface area contributed by atoms with Crippen LogP contribution < -0.4 is 4.72 Å². The smallest absolute Gasteiger partial charge is 0.309 e. The number of piperidine rings is 1. The second-order valence-electron chi connectivity index (χ2n) is 5.90. The number of esters is 1. The number of likely N-dealkylation sites (tertiary alicyclic amines) is 1. The number of amides is 1. The topological polar surface area (TPSA) is 92.8 Å². The van der Waals surface area contributed by atoms with Gasteiger partial charge in [0.15, 0.2) is 0 Å². The Labute approximate surface area is 148 Å². The van der Waals surface area contributed by atoms with E-state index in [0.29, 0.717) is 43.8 Å². The Bertz CT molecular complexity index is 707. The fourth-order valence-corrected chi connectivity index (χ4v) is 3.33. The van der Waals surface area contributed by atoms with Gasteiger partial charge < -0.3 is 9.64 Å². The van der Waals surface area contributed by atoms with Crippen LogP contribution in [0.25, 0.3) is 0 Å². The van der Waals surface area contributed by atoms with Crippen molar-refractivity contribution in [3.05, 3.63) is 29.8 Å². The molecule has 0 spiro atoms. The average Bonchev–Trinajstić information content (AvgIpc) is 2.62. The molecule has 1 aliphatic heterocycles. The van der Waals surface area contributed by atoms with Crippen molar-refractivity contribution in [2.24, 2.45) is 5.92 Å².